The summed E-state index contributed by atoms with van der Waals surface area (Å²) in [7, 11) is 1.86. The van der Waals surface area contributed by atoms with Crippen LogP contribution in [0.4, 0.5) is 0 Å². The molecule has 1 heterocycles. The molecule has 0 spiro atoms. The highest BCUT2D eigenvalue weighted by molar-refractivity contribution is 5.79. The first kappa shape index (κ1) is 18.3. The van der Waals surface area contributed by atoms with Crippen molar-refractivity contribution in [2.24, 2.45) is 10.4 Å². The molecule has 0 aromatic carbocycles. The van der Waals surface area contributed by atoms with Crippen molar-refractivity contribution in [2.75, 3.05) is 26.7 Å². The molecule has 1 rings (SSSR count). The molecule has 0 saturated carbocycles. The zero-order chi connectivity index (χ0) is 15.9. The van der Waals surface area contributed by atoms with Gasteiger partial charge in [0.1, 0.15) is 0 Å². The van der Waals surface area contributed by atoms with Gasteiger partial charge in [0.15, 0.2) is 5.96 Å². The first-order valence-electron chi connectivity index (χ1n) is 8.53. The van der Waals surface area contributed by atoms with Crippen LogP contribution in [0.5, 0.6) is 0 Å². The molecule has 124 valence electrons. The van der Waals surface area contributed by atoms with Crippen LogP contribution in [-0.4, -0.2) is 49.6 Å². The van der Waals surface area contributed by atoms with Crippen LogP contribution in [0.25, 0.3) is 0 Å². The van der Waals surface area contributed by atoms with Gasteiger partial charge in [0.05, 0.1) is 0 Å². The molecule has 0 aliphatic carbocycles. The normalized spacial score (nSPS) is 19.1. The second kappa shape index (κ2) is 8.62. The number of piperidine rings is 1. The van der Waals surface area contributed by atoms with E-state index in [4.69, 9.17) is 0 Å². The zero-order valence-corrected chi connectivity index (χ0v) is 15.0. The maximum Gasteiger partial charge on any atom is 0.191 e. The lowest BCUT2D eigenvalue weighted by Gasteiger charge is -2.35. The lowest BCUT2D eigenvalue weighted by Crippen LogP contribution is -2.50. The smallest absolute Gasteiger partial charge is 0.191 e. The van der Waals surface area contributed by atoms with Crippen molar-refractivity contribution in [1.29, 1.82) is 0 Å². The van der Waals surface area contributed by atoms with E-state index >= 15 is 0 Å². The molecule has 0 atom stereocenters. The van der Waals surface area contributed by atoms with Gasteiger partial charge in [-0.15, -0.1) is 0 Å². The number of guanidine groups is 1. The lowest BCUT2D eigenvalue weighted by atomic mass is 9.91. The summed E-state index contributed by atoms with van der Waals surface area (Å²) < 4.78 is 0. The number of hydrogen-bond acceptors (Lipinski definition) is 2. The minimum Gasteiger partial charge on any atom is -0.356 e. The third-order valence-electron chi connectivity index (χ3n) is 4.22. The second-order valence-electron chi connectivity index (χ2n) is 7.71. The minimum absolute atomic E-state index is 0.419. The summed E-state index contributed by atoms with van der Waals surface area (Å²) in [4.78, 5) is 6.90. The van der Waals surface area contributed by atoms with Gasteiger partial charge in [0, 0.05) is 38.8 Å². The van der Waals surface area contributed by atoms with E-state index in [0.29, 0.717) is 17.5 Å². The summed E-state index contributed by atoms with van der Waals surface area (Å²) in [5, 5.41) is 7.02. The van der Waals surface area contributed by atoms with Crippen LogP contribution in [0.2, 0.25) is 0 Å². The van der Waals surface area contributed by atoms with Crippen LogP contribution in [0, 0.1) is 5.41 Å². The minimum atomic E-state index is 0.419. The Morgan fingerprint density at radius 1 is 1.24 bits per heavy atom. The van der Waals surface area contributed by atoms with Crippen LogP contribution in [0.1, 0.15) is 60.3 Å². The van der Waals surface area contributed by atoms with Crippen molar-refractivity contribution in [3.8, 4) is 0 Å². The maximum atomic E-state index is 4.35. The first-order valence-corrected chi connectivity index (χ1v) is 8.53. The average Bonchev–Trinajstić information content (AvgIpc) is 2.41. The number of hydrogen-bond donors (Lipinski definition) is 2. The Kier molecular flexibility index (Phi) is 7.50. The van der Waals surface area contributed by atoms with Crippen molar-refractivity contribution >= 4 is 5.96 Å². The summed E-state index contributed by atoms with van der Waals surface area (Å²) >= 11 is 0. The van der Waals surface area contributed by atoms with Crippen LogP contribution < -0.4 is 10.6 Å². The van der Waals surface area contributed by atoms with Gasteiger partial charge in [-0.3, -0.25) is 4.99 Å². The molecule has 0 bridgehead atoms. The highest BCUT2D eigenvalue weighted by atomic mass is 15.2. The van der Waals surface area contributed by atoms with Gasteiger partial charge in [0.2, 0.25) is 0 Å². The first-order chi connectivity index (χ1) is 9.81. The van der Waals surface area contributed by atoms with E-state index in [2.05, 4.69) is 55.1 Å². The topological polar surface area (TPSA) is 39.7 Å². The molecule has 1 aliphatic heterocycles. The number of nitrogens with one attached hydrogen (secondary N) is 2. The van der Waals surface area contributed by atoms with E-state index in [-0.39, 0.29) is 0 Å². The standard InChI is InChI=1S/C17H36N4/c1-14(2)21-12-8-15(9-13-21)20-16(18-6)19-11-7-10-17(3,4)5/h14-15H,7-13H2,1-6H3,(H2,18,19,20). The zero-order valence-electron chi connectivity index (χ0n) is 15.0. The number of nitrogens with zero attached hydrogens (tertiary/aromatic N) is 2. The van der Waals surface area contributed by atoms with Crippen molar-refractivity contribution in [2.45, 2.75) is 72.4 Å². The number of likely N-dealkylation sites (tertiary alicyclic amines) is 1. The SMILES string of the molecule is CN=C(NCCCC(C)(C)C)NC1CCN(C(C)C)CC1. The predicted octanol–water partition coefficient (Wildman–Crippen LogP) is 2.85. The van der Waals surface area contributed by atoms with Crippen molar-refractivity contribution in [3.05, 3.63) is 0 Å². The average molecular weight is 297 g/mol. The van der Waals surface area contributed by atoms with Gasteiger partial charge in [-0.2, -0.15) is 0 Å². The number of aliphatic imine (C=N–C) groups is 1. The van der Waals surface area contributed by atoms with E-state index in [0.717, 1.165) is 12.5 Å². The fourth-order valence-corrected chi connectivity index (χ4v) is 2.77. The number of rotatable bonds is 5. The Morgan fingerprint density at radius 3 is 2.33 bits per heavy atom. The molecular weight excluding hydrogens is 260 g/mol. The quantitative estimate of drug-likeness (QED) is 0.465. The third kappa shape index (κ3) is 7.70. The van der Waals surface area contributed by atoms with Crippen LogP contribution in [0.3, 0.4) is 0 Å². The monoisotopic (exact) mass is 296 g/mol. The molecule has 0 radical (unpaired) electrons. The third-order valence-corrected chi connectivity index (χ3v) is 4.22. The van der Waals surface area contributed by atoms with Gasteiger partial charge >= 0.3 is 0 Å². The Labute approximate surface area is 131 Å². The van der Waals surface area contributed by atoms with Gasteiger partial charge < -0.3 is 15.5 Å². The van der Waals surface area contributed by atoms with E-state index in [9.17, 15) is 0 Å². The van der Waals surface area contributed by atoms with Crippen molar-refractivity contribution < 1.29 is 0 Å². The molecule has 1 fully saturated rings. The second-order valence-corrected chi connectivity index (χ2v) is 7.71. The largest absolute Gasteiger partial charge is 0.356 e. The molecule has 21 heavy (non-hydrogen) atoms. The molecule has 0 aromatic heterocycles. The molecule has 1 saturated heterocycles. The Hall–Kier alpha value is -0.770. The Bertz CT molecular complexity index is 309. The van der Waals surface area contributed by atoms with Gasteiger partial charge in [-0.1, -0.05) is 20.8 Å². The molecule has 2 N–H and O–H groups in total. The lowest BCUT2D eigenvalue weighted by molar-refractivity contribution is 0.167. The summed E-state index contributed by atoms with van der Waals surface area (Å²) in [6.45, 7) is 14.8. The summed E-state index contributed by atoms with van der Waals surface area (Å²) in [6, 6.07) is 1.23. The highest BCUT2D eigenvalue weighted by Crippen LogP contribution is 2.19. The van der Waals surface area contributed by atoms with E-state index in [1.54, 1.807) is 0 Å². The molecule has 0 aromatic rings. The van der Waals surface area contributed by atoms with E-state index in [1.165, 1.54) is 38.8 Å². The summed E-state index contributed by atoms with van der Waals surface area (Å²) in [6.07, 6.45) is 4.85. The van der Waals surface area contributed by atoms with Gasteiger partial charge in [0.25, 0.3) is 0 Å². The molecule has 4 nitrogen and oxygen atoms in total. The molecule has 1 aliphatic rings. The van der Waals surface area contributed by atoms with Crippen molar-refractivity contribution in [3.63, 3.8) is 0 Å². The van der Waals surface area contributed by atoms with Crippen LogP contribution in [0.15, 0.2) is 4.99 Å². The summed E-state index contributed by atoms with van der Waals surface area (Å²) in [5.41, 5.74) is 0.419. The summed E-state index contributed by atoms with van der Waals surface area (Å²) in [5.74, 6) is 0.965. The fourth-order valence-electron chi connectivity index (χ4n) is 2.77. The van der Waals surface area contributed by atoms with Crippen molar-refractivity contribution in [1.82, 2.24) is 15.5 Å². The molecule has 4 heteroatoms. The Balaban J connectivity index is 2.23. The van der Waals surface area contributed by atoms with Crippen LogP contribution >= 0.6 is 0 Å². The molecular formula is C17H36N4. The van der Waals surface area contributed by atoms with Gasteiger partial charge in [-0.05, 0) is 44.9 Å². The maximum absolute atomic E-state index is 4.35. The van der Waals surface area contributed by atoms with Gasteiger partial charge in [-0.25, -0.2) is 0 Å². The molecule has 0 amide bonds. The highest BCUT2D eigenvalue weighted by Gasteiger charge is 2.21. The van der Waals surface area contributed by atoms with Crippen LogP contribution in [-0.2, 0) is 0 Å². The van der Waals surface area contributed by atoms with E-state index in [1.807, 2.05) is 7.05 Å². The van der Waals surface area contributed by atoms with E-state index < -0.39 is 0 Å². The Morgan fingerprint density at radius 2 is 1.86 bits per heavy atom. The predicted molar refractivity (Wildman–Crippen MR) is 92.9 cm³/mol. The fraction of sp³-hybridized carbons (Fsp3) is 0.941. The molecule has 0 unspecified atom stereocenters.